The second-order valence-corrected chi connectivity index (χ2v) is 8.43. The fourth-order valence-electron chi connectivity index (χ4n) is 2.95. The van der Waals surface area contributed by atoms with Gasteiger partial charge in [-0.05, 0) is 55.3 Å². The number of nitrogens with zero attached hydrogens (tertiary/aromatic N) is 1. The summed E-state index contributed by atoms with van der Waals surface area (Å²) >= 11 is 0. The number of carbonyl (C=O) groups excluding carboxylic acids is 2. The number of methoxy groups -OCH3 is 1. The lowest BCUT2D eigenvalue weighted by atomic mass is 10.2. The van der Waals surface area contributed by atoms with Gasteiger partial charge in [-0.25, -0.2) is 13.2 Å². The maximum atomic E-state index is 12.5. The van der Waals surface area contributed by atoms with E-state index in [2.05, 4.69) is 5.32 Å². The molecule has 29 heavy (non-hydrogen) atoms. The Morgan fingerprint density at radius 2 is 1.76 bits per heavy atom. The van der Waals surface area contributed by atoms with Gasteiger partial charge >= 0.3 is 5.97 Å². The average Bonchev–Trinajstić information content (AvgIpc) is 3.28. The minimum absolute atomic E-state index is 0.182. The topological polar surface area (TPSA) is 102 Å². The van der Waals surface area contributed by atoms with Gasteiger partial charge < -0.3 is 14.8 Å². The Balaban J connectivity index is 1.54. The molecule has 2 aromatic carbocycles. The van der Waals surface area contributed by atoms with Gasteiger partial charge in [0.2, 0.25) is 10.0 Å². The first-order valence-corrected chi connectivity index (χ1v) is 10.6. The van der Waals surface area contributed by atoms with Gasteiger partial charge in [0.25, 0.3) is 5.91 Å². The zero-order valence-corrected chi connectivity index (χ0v) is 16.8. The highest BCUT2D eigenvalue weighted by atomic mass is 32.2. The van der Waals surface area contributed by atoms with Gasteiger partial charge in [0, 0.05) is 18.8 Å². The summed E-state index contributed by atoms with van der Waals surface area (Å²) in [6.45, 7) is 0.586. The van der Waals surface area contributed by atoms with Crippen LogP contribution < -0.4 is 10.1 Å². The van der Waals surface area contributed by atoms with Crippen molar-refractivity contribution < 1.29 is 27.5 Å². The maximum absolute atomic E-state index is 12.5. The lowest BCUT2D eigenvalue weighted by Gasteiger charge is -2.15. The first-order valence-electron chi connectivity index (χ1n) is 9.11. The highest BCUT2D eigenvalue weighted by Crippen LogP contribution is 2.22. The first kappa shape index (κ1) is 20.8. The molecule has 0 aliphatic carbocycles. The van der Waals surface area contributed by atoms with E-state index in [4.69, 9.17) is 9.47 Å². The van der Waals surface area contributed by atoms with Crippen molar-refractivity contribution in [3.05, 3.63) is 54.1 Å². The van der Waals surface area contributed by atoms with Gasteiger partial charge in [0.15, 0.2) is 6.61 Å². The Kier molecular flexibility index (Phi) is 6.50. The summed E-state index contributed by atoms with van der Waals surface area (Å²) in [5.41, 5.74) is 0.682. The van der Waals surface area contributed by atoms with Gasteiger partial charge in [-0.15, -0.1) is 0 Å². The van der Waals surface area contributed by atoms with Gasteiger partial charge in [0.05, 0.1) is 17.6 Å². The molecule has 1 heterocycles. The SMILES string of the molecule is COc1cccc(C(=O)OCC(=O)Nc2ccc(S(=O)(=O)N3CCCC3)cc2)c1. The molecule has 0 spiro atoms. The fourth-order valence-corrected chi connectivity index (χ4v) is 4.47. The van der Waals surface area contributed by atoms with E-state index in [9.17, 15) is 18.0 Å². The molecule has 0 radical (unpaired) electrons. The summed E-state index contributed by atoms with van der Waals surface area (Å²) in [6, 6.07) is 12.3. The molecule has 1 saturated heterocycles. The molecule has 8 nitrogen and oxygen atoms in total. The third-order valence-electron chi connectivity index (χ3n) is 4.48. The summed E-state index contributed by atoms with van der Waals surface area (Å²) in [6.07, 6.45) is 1.73. The van der Waals surface area contributed by atoms with E-state index in [1.807, 2.05) is 0 Å². The summed E-state index contributed by atoms with van der Waals surface area (Å²) in [5, 5.41) is 2.57. The Hall–Kier alpha value is -2.91. The van der Waals surface area contributed by atoms with Crippen molar-refractivity contribution in [3.63, 3.8) is 0 Å². The molecule has 3 rings (SSSR count). The molecule has 0 saturated carbocycles. The number of benzene rings is 2. The molecule has 2 aromatic rings. The lowest BCUT2D eigenvalue weighted by Crippen LogP contribution is -2.27. The van der Waals surface area contributed by atoms with Crippen LogP contribution in [0.3, 0.4) is 0 Å². The van der Waals surface area contributed by atoms with E-state index >= 15 is 0 Å². The summed E-state index contributed by atoms with van der Waals surface area (Å²) in [7, 11) is -2.02. The van der Waals surface area contributed by atoms with Gasteiger partial charge in [-0.1, -0.05) is 6.07 Å². The van der Waals surface area contributed by atoms with Gasteiger partial charge in [-0.2, -0.15) is 4.31 Å². The monoisotopic (exact) mass is 418 g/mol. The van der Waals surface area contributed by atoms with Crippen LogP contribution in [-0.4, -0.2) is 51.4 Å². The molecule has 1 aliphatic heterocycles. The standard InChI is InChI=1S/C20H22N2O6S/c1-27-17-6-4-5-15(13-17)20(24)28-14-19(23)21-16-7-9-18(10-8-16)29(25,26)22-11-2-3-12-22/h4-10,13H,2-3,11-12,14H2,1H3,(H,21,23). The Bertz CT molecular complexity index is 982. The molecular formula is C20H22N2O6S. The normalized spacial score (nSPS) is 14.4. The van der Waals surface area contributed by atoms with Crippen molar-refractivity contribution in [2.24, 2.45) is 0 Å². The smallest absolute Gasteiger partial charge is 0.338 e. The van der Waals surface area contributed by atoms with Crippen molar-refractivity contribution in [1.82, 2.24) is 4.31 Å². The van der Waals surface area contributed by atoms with E-state index in [1.165, 1.54) is 41.7 Å². The molecule has 0 aromatic heterocycles. The van der Waals surface area contributed by atoms with Crippen molar-refractivity contribution in [1.29, 1.82) is 0 Å². The van der Waals surface area contributed by atoms with Crippen molar-refractivity contribution in [2.75, 3.05) is 32.1 Å². The van der Waals surface area contributed by atoms with Crippen molar-refractivity contribution in [2.45, 2.75) is 17.7 Å². The zero-order valence-electron chi connectivity index (χ0n) is 16.0. The largest absolute Gasteiger partial charge is 0.497 e. The summed E-state index contributed by atoms with van der Waals surface area (Å²) in [5.74, 6) is -0.671. The number of esters is 1. The average molecular weight is 418 g/mol. The Morgan fingerprint density at radius 3 is 2.41 bits per heavy atom. The number of ether oxygens (including phenoxy) is 2. The maximum Gasteiger partial charge on any atom is 0.338 e. The van der Waals surface area contributed by atoms with E-state index in [1.54, 1.807) is 18.2 Å². The number of hydrogen-bond donors (Lipinski definition) is 1. The number of carbonyl (C=O) groups is 2. The minimum atomic E-state index is -3.50. The molecule has 1 fully saturated rings. The molecule has 0 bridgehead atoms. The Labute approximate surface area is 169 Å². The van der Waals surface area contributed by atoms with E-state index in [-0.39, 0.29) is 10.5 Å². The molecule has 9 heteroatoms. The van der Waals surface area contributed by atoms with Crippen LogP contribution in [0.4, 0.5) is 5.69 Å². The van der Waals surface area contributed by atoms with Crippen LogP contribution in [0.5, 0.6) is 5.75 Å². The van der Waals surface area contributed by atoms with E-state index in [0.29, 0.717) is 24.5 Å². The van der Waals surface area contributed by atoms with Gasteiger partial charge in [-0.3, -0.25) is 4.79 Å². The summed E-state index contributed by atoms with van der Waals surface area (Å²) < 4.78 is 36.5. The van der Waals surface area contributed by atoms with E-state index < -0.39 is 28.5 Å². The number of rotatable bonds is 7. The van der Waals surface area contributed by atoms with E-state index in [0.717, 1.165) is 12.8 Å². The van der Waals surface area contributed by atoms with Crippen molar-refractivity contribution in [3.8, 4) is 5.75 Å². The third kappa shape index (κ3) is 5.12. The van der Waals surface area contributed by atoms with Gasteiger partial charge in [0.1, 0.15) is 5.75 Å². The molecule has 1 amide bonds. The van der Waals surface area contributed by atoms with Crippen LogP contribution in [-0.2, 0) is 19.6 Å². The third-order valence-corrected chi connectivity index (χ3v) is 6.39. The highest BCUT2D eigenvalue weighted by molar-refractivity contribution is 7.89. The van der Waals surface area contributed by atoms with Crippen LogP contribution in [0.2, 0.25) is 0 Å². The van der Waals surface area contributed by atoms with Crippen LogP contribution in [0.25, 0.3) is 0 Å². The quantitative estimate of drug-likeness (QED) is 0.692. The first-order chi connectivity index (χ1) is 13.9. The molecule has 1 aliphatic rings. The van der Waals surface area contributed by atoms with Crippen molar-refractivity contribution >= 4 is 27.6 Å². The number of anilines is 1. The minimum Gasteiger partial charge on any atom is -0.497 e. The Morgan fingerprint density at radius 1 is 1.07 bits per heavy atom. The number of sulfonamides is 1. The fraction of sp³-hybridized carbons (Fsp3) is 0.300. The molecule has 1 N–H and O–H groups in total. The lowest BCUT2D eigenvalue weighted by molar-refractivity contribution is -0.119. The second-order valence-electron chi connectivity index (χ2n) is 6.49. The second kappa shape index (κ2) is 9.06. The molecule has 0 atom stereocenters. The molecular weight excluding hydrogens is 396 g/mol. The number of amides is 1. The van der Waals surface area contributed by atoms with Crippen LogP contribution in [0.1, 0.15) is 23.2 Å². The summed E-state index contributed by atoms with van der Waals surface area (Å²) in [4.78, 5) is 24.2. The number of nitrogens with one attached hydrogen (secondary N) is 1. The number of hydrogen-bond acceptors (Lipinski definition) is 6. The predicted molar refractivity (Wildman–Crippen MR) is 106 cm³/mol. The van der Waals surface area contributed by atoms with Crippen LogP contribution in [0.15, 0.2) is 53.4 Å². The predicted octanol–water partition coefficient (Wildman–Crippen LogP) is 2.28. The van der Waals surface area contributed by atoms with Crippen LogP contribution >= 0.6 is 0 Å². The molecule has 0 unspecified atom stereocenters. The zero-order chi connectivity index (χ0) is 20.9. The molecule has 154 valence electrons. The highest BCUT2D eigenvalue weighted by Gasteiger charge is 2.26. The van der Waals surface area contributed by atoms with Crippen LogP contribution in [0, 0.1) is 0 Å².